The number of ether oxygens (including phenoxy) is 1. The summed E-state index contributed by atoms with van der Waals surface area (Å²) in [4.78, 5) is 29.0. The van der Waals surface area contributed by atoms with E-state index in [1.165, 1.54) is 12.1 Å². The Kier molecular flexibility index (Phi) is 6.91. The lowest BCUT2D eigenvalue weighted by molar-refractivity contribution is -0.175. The van der Waals surface area contributed by atoms with E-state index < -0.39 is 29.5 Å². The maximum atomic E-state index is 13.9. The number of hydrogen-bond acceptors (Lipinski definition) is 5. The molecule has 2 fully saturated rings. The summed E-state index contributed by atoms with van der Waals surface area (Å²) in [7, 11) is 0. The van der Waals surface area contributed by atoms with E-state index in [4.69, 9.17) is 9.15 Å². The number of nitrogens with zero attached hydrogens (tertiary/aromatic N) is 2. The number of fused-ring (bicyclic) bond motifs is 1. The smallest absolute Gasteiger partial charge is 0.471 e. The minimum Gasteiger partial charge on any atom is -0.487 e. The zero-order chi connectivity index (χ0) is 26.2. The summed E-state index contributed by atoms with van der Waals surface area (Å²) in [5.41, 5.74) is 0.440. The minimum absolute atomic E-state index is 0.0653. The minimum atomic E-state index is -5.05. The van der Waals surface area contributed by atoms with Crippen molar-refractivity contribution >= 4 is 11.8 Å². The quantitative estimate of drug-likeness (QED) is 0.609. The molecule has 1 aromatic carbocycles. The molecule has 7 nitrogen and oxygen atoms in total. The fourth-order valence-corrected chi connectivity index (χ4v) is 5.69. The molecule has 1 spiro atoms. The van der Waals surface area contributed by atoms with Gasteiger partial charge in [0.1, 0.15) is 17.2 Å². The monoisotopic (exact) mass is 523 g/mol. The van der Waals surface area contributed by atoms with Gasteiger partial charge in [0.2, 0.25) is 5.91 Å². The second-order valence-electron chi connectivity index (χ2n) is 10.2. The van der Waals surface area contributed by atoms with E-state index in [9.17, 15) is 27.2 Å². The highest BCUT2D eigenvalue weighted by atomic mass is 19.4. The van der Waals surface area contributed by atoms with Gasteiger partial charge < -0.3 is 19.4 Å². The first-order valence-corrected chi connectivity index (χ1v) is 12.5. The number of halogens is 4. The molecule has 0 saturated carbocycles. The molecule has 5 rings (SSSR count). The molecule has 0 radical (unpaired) electrons. The third kappa shape index (κ3) is 5.61. The predicted molar refractivity (Wildman–Crippen MR) is 124 cm³/mol. The van der Waals surface area contributed by atoms with Crippen LogP contribution in [0.4, 0.5) is 17.6 Å². The van der Waals surface area contributed by atoms with Gasteiger partial charge in [0.15, 0.2) is 0 Å². The van der Waals surface area contributed by atoms with Crippen molar-refractivity contribution in [2.45, 2.75) is 56.5 Å². The van der Waals surface area contributed by atoms with Crippen LogP contribution in [0, 0.1) is 11.7 Å². The Morgan fingerprint density at radius 1 is 1.08 bits per heavy atom. The number of amides is 2. The molecule has 200 valence electrons. The summed E-state index contributed by atoms with van der Waals surface area (Å²) in [6.45, 7) is 3.24. The van der Waals surface area contributed by atoms with Crippen LogP contribution in [0.3, 0.4) is 0 Å². The Balaban J connectivity index is 1.20. The average molecular weight is 524 g/mol. The van der Waals surface area contributed by atoms with Crippen LogP contribution >= 0.6 is 0 Å². The number of furan rings is 1. The van der Waals surface area contributed by atoms with Gasteiger partial charge in [-0.15, -0.1) is 0 Å². The van der Waals surface area contributed by atoms with Crippen LogP contribution in [-0.4, -0.2) is 59.6 Å². The number of rotatable bonds is 4. The third-order valence-electron chi connectivity index (χ3n) is 7.72. The first-order valence-electron chi connectivity index (χ1n) is 12.5. The second kappa shape index (κ2) is 10.00. The normalized spacial score (nSPS) is 22.4. The maximum absolute atomic E-state index is 13.9. The van der Waals surface area contributed by atoms with Crippen molar-refractivity contribution in [2.24, 2.45) is 5.92 Å². The molecule has 2 saturated heterocycles. The van der Waals surface area contributed by atoms with Gasteiger partial charge in [-0.25, -0.2) is 4.39 Å². The average Bonchev–Trinajstić information content (AvgIpc) is 3.37. The van der Waals surface area contributed by atoms with Gasteiger partial charge in [0.25, 0.3) is 0 Å². The van der Waals surface area contributed by atoms with Crippen LogP contribution in [0.5, 0.6) is 5.75 Å². The van der Waals surface area contributed by atoms with Gasteiger partial charge in [-0.1, -0.05) is 0 Å². The molecule has 2 amide bonds. The SMILES string of the molecule is O=C(C1CCN(Cc2ccoc2)CC1)N1CCC2(CC1)CC(NC(=O)C(F)(F)F)c1cc(F)ccc1O2. The van der Waals surface area contributed by atoms with Crippen molar-refractivity contribution in [1.29, 1.82) is 0 Å². The summed E-state index contributed by atoms with van der Waals surface area (Å²) in [6.07, 6.45) is 0.734. The van der Waals surface area contributed by atoms with E-state index in [0.29, 0.717) is 25.9 Å². The van der Waals surface area contributed by atoms with E-state index in [2.05, 4.69) is 4.90 Å². The van der Waals surface area contributed by atoms with Gasteiger partial charge in [-0.3, -0.25) is 14.5 Å². The summed E-state index contributed by atoms with van der Waals surface area (Å²) < 4.78 is 64.1. The molecule has 0 bridgehead atoms. The third-order valence-corrected chi connectivity index (χ3v) is 7.72. The number of likely N-dealkylation sites (tertiary alicyclic amines) is 2. The van der Waals surface area contributed by atoms with Crippen molar-refractivity contribution < 1.29 is 36.3 Å². The maximum Gasteiger partial charge on any atom is 0.471 e. The van der Waals surface area contributed by atoms with Crippen molar-refractivity contribution in [3.63, 3.8) is 0 Å². The first kappa shape index (κ1) is 25.6. The van der Waals surface area contributed by atoms with Crippen LogP contribution < -0.4 is 10.1 Å². The Morgan fingerprint density at radius 2 is 1.81 bits per heavy atom. The highest BCUT2D eigenvalue weighted by Crippen LogP contribution is 2.45. The number of piperidine rings is 2. The molecule has 4 heterocycles. The van der Waals surface area contributed by atoms with Gasteiger partial charge in [-0.05, 0) is 50.2 Å². The van der Waals surface area contributed by atoms with E-state index in [1.54, 1.807) is 12.5 Å². The van der Waals surface area contributed by atoms with Crippen LogP contribution in [0.15, 0.2) is 41.2 Å². The Labute approximate surface area is 211 Å². The molecule has 37 heavy (non-hydrogen) atoms. The Morgan fingerprint density at radius 3 is 2.46 bits per heavy atom. The second-order valence-corrected chi connectivity index (χ2v) is 10.2. The highest BCUT2D eigenvalue weighted by Gasteiger charge is 2.47. The van der Waals surface area contributed by atoms with Crippen molar-refractivity contribution in [1.82, 2.24) is 15.1 Å². The van der Waals surface area contributed by atoms with E-state index in [1.807, 2.05) is 16.3 Å². The van der Waals surface area contributed by atoms with Gasteiger partial charge >= 0.3 is 12.1 Å². The van der Waals surface area contributed by atoms with E-state index in [-0.39, 0.29) is 29.6 Å². The largest absolute Gasteiger partial charge is 0.487 e. The standard InChI is InChI=1S/C26H29F4N3O4/c27-19-1-2-22-20(13-19)21(31-24(35)26(28,29)30)14-25(37-22)6-10-33(11-7-25)23(34)18-3-8-32(9-4-18)15-17-5-12-36-16-17/h1-2,5,12-13,16,18,21H,3-4,6-11,14-15H2,(H,31,35). The molecule has 1 aromatic heterocycles. The highest BCUT2D eigenvalue weighted by molar-refractivity contribution is 5.82. The topological polar surface area (TPSA) is 75.0 Å². The van der Waals surface area contributed by atoms with Crippen LogP contribution in [0.2, 0.25) is 0 Å². The number of benzene rings is 1. The van der Waals surface area contributed by atoms with E-state index in [0.717, 1.165) is 44.1 Å². The summed E-state index contributed by atoms with van der Waals surface area (Å²) in [5, 5.41) is 2.02. The molecule has 11 heteroatoms. The molecule has 0 aliphatic carbocycles. The zero-order valence-electron chi connectivity index (χ0n) is 20.2. The lowest BCUT2D eigenvalue weighted by Crippen LogP contribution is -2.55. The summed E-state index contributed by atoms with van der Waals surface area (Å²) in [6, 6.07) is 4.55. The lowest BCUT2D eigenvalue weighted by Gasteiger charge is -2.47. The van der Waals surface area contributed by atoms with Gasteiger partial charge in [0.05, 0.1) is 18.6 Å². The fourth-order valence-electron chi connectivity index (χ4n) is 5.69. The van der Waals surface area contributed by atoms with Gasteiger partial charge in [0, 0.05) is 55.9 Å². The molecule has 2 aromatic rings. The summed E-state index contributed by atoms with van der Waals surface area (Å²) in [5.74, 6) is -2.41. The molecule has 1 atom stereocenters. The lowest BCUT2D eigenvalue weighted by atomic mass is 9.80. The van der Waals surface area contributed by atoms with Crippen molar-refractivity contribution in [3.8, 4) is 5.75 Å². The molecular weight excluding hydrogens is 494 g/mol. The molecule has 3 aliphatic rings. The number of nitrogens with one attached hydrogen (secondary N) is 1. The van der Waals surface area contributed by atoms with Gasteiger partial charge in [-0.2, -0.15) is 13.2 Å². The fraction of sp³-hybridized carbons (Fsp3) is 0.538. The first-order chi connectivity index (χ1) is 17.6. The summed E-state index contributed by atoms with van der Waals surface area (Å²) >= 11 is 0. The van der Waals surface area contributed by atoms with Crippen LogP contribution in [0.25, 0.3) is 0 Å². The predicted octanol–water partition coefficient (Wildman–Crippen LogP) is 4.19. The van der Waals surface area contributed by atoms with Crippen LogP contribution in [0.1, 0.15) is 49.3 Å². The Bertz CT molecular complexity index is 1120. The number of hydrogen-bond donors (Lipinski definition) is 1. The number of carbonyl (C=O) groups excluding carboxylic acids is 2. The number of alkyl halides is 3. The van der Waals surface area contributed by atoms with E-state index >= 15 is 0 Å². The zero-order valence-corrected chi connectivity index (χ0v) is 20.2. The molecule has 1 N–H and O–H groups in total. The van der Waals surface area contributed by atoms with Crippen molar-refractivity contribution in [2.75, 3.05) is 26.2 Å². The molecule has 1 unspecified atom stereocenters. The molecule has 3 aliphatic heterocycles. The molecular formula is C26H29F4N3O4. The Hall–Kier alpha value is -3.08. The van der Waals surface area contributed by atoms with Crippen molar-refractivity contribution in [3.05, 3.63) is 53.7 Å². The number of carbonyl (C=O) groups is 2. The van der Waals surface area contributed by atoms with Crippen LogP contribution in [-0.2, 0) is 16.1 Å².